The Balaban J connectivity index is 1.80. The van der Waals surface area contributed by atoms with Crippen molar-refractivity contribution in [3.05, 3.63) is 87.0 Å². The molecule has 0 fully saturated rings. The van der Waals surface area contributed by atoms with Crippen molar-refractivity contribution in [3.63, 3.8) is 0 Å². The van der Waals surface area contributed by atoms with E-state index < -0.39 is 0 Å². The minimum Gasteiger partial charge on any atom is -0.285 e. The summed E-state index contributed by atoms with van der Waals surface area (Å²) in [5.41, 5.74) is 2.81. The van der Waals surface area contributed by atoms with Crippen molar-refractivity contribution in [2.45, 2.75) is 6.92 Å². The van der Waals surface area contributed by atoms with Crippen molar-refractivity contribution in [2.24, 2.45) is 12.1 Å². The number of H-pyrrole nitrogens is 1. The highest BCUT2D eigenvalue weighted by atomic mass is 32.1. The molecule has 2 heterocycles. The van der Waals surface area contributed by atoms with Gasteiger partial charge in [0.2, 0.25) is 4.77 Å². The summed E-state index contributed by atoms with van der Waals surface area (Å²) >= 11 is 5.30. The van der Waals surface area contributed by atoms with E-state index >= 15 is 0 Å². The molecule has 0 unspecified atom stereocenters. The zero-order valence-electron chi connectivity index (χ0n) is 15.4. The number of hydrogen-bond acceptors (Lipinski definition) is 4. The number of nitrogens with zero attached hydrogens (tertiary/aromatic N) is 5. The molecule has 0 aliphatic heterocycles. The Kier molecular flexibility index (Phi) is 4.62. The molecular weight excluding hydrogens is 372 g/mol. The van der Waals surface area contributed by atoms with Gasteiger partial charge in [-0.1, -0.05) is 48.5 Å². The van der Waals surface area contributed by atoms with Gasteiger partial charge < -0.3 is 0 Å². The van der Waals surface area contributed by atoms with E-state index in [2.05, 4.69) is 15.3 Å². The van der Waals surface area contributed by atoms with E-state index in [1.54, 1.807) is 4.68 Å². The first kappa shape index (κ1) is 17.9. The molecule has 4 aromatic rings. The molecule has 0 atom stereocenters. The van der Waals surface area contributed by atoms with Crippen LogP contribution in [0.2, 0.25) is 0 Å². The summed E-state index contributed by atoms with van der Waals surface area (Å²) in [5.74, 6) is 0.582. The third-order valence-corrected chi connectivity index (χ3v) is 4.85. The van der Waals surface area contributed by atoms with Gasteiger partial charge >= 0.3 is 0 Å². The lowest BCUT2D eigenvalue weighted by Crippen LogP contribution is -2.20. The van der Waals surface area contributed by atoms with Crippen LogP contribution >= 0.6 is 12.2 Å². The smallest absolute Gasteiger partial charge is 0.280 e. The average molecular weight is 390 g/mol. The fraction of sp³-hybridized carbons (Fsp3) is 0.100. The summed E-state index contributed by atoms with van der Waals surface area (Å²) in [6.45, 7) is 1.88. The average Bonchev–Trinajstić information content (AvgIpc) is 3.19. The third-order valence-electron chi connectivity index (χ3n) is 4.58. The summed E-state index contributed by atoms with van der Waals surface area (Å²) in [5, 5.41) is 11.5. The van der Waals surface area contributed by atoms with Crippen molar-refractivity contribution in [1.82, 2.24) is 24.2 Å². The van der Waals surface area contributed by atoms with Gasteiger partial charge in [-0.25, -0.2) is 9.78 Å². The first-order chi connectivity index (χ1) is 13.6. The van der Waals surface area contributed by atoms with E-state index in [1.165, 1.54) is 10.9 Å². The summed E-state index contributed by atoms with van der Waals surface area (Å²) in [7, 11) is 1.85. The van der Waals surface area contributed by atoms with Gasteiger partial charge in [-0.05, 0) is 31.3 Å². The summed E-state index contributed by atoms with van der Waals surface area (Å²) in [6.07, 6.45) is 1.54. The van der Waals surface area contributed by atoms with Crippen LogP contribution in [0.5, 0.6) is 0 Å². The van der Waals surface area contributed by atoms with Crippen LogP contribution in [0.15, 0.2) is 70.6 Å². The molecule has 2 aromatic heterocycles. The van der Waals surface area contributed by atoms with Gasteiger partial charge in [0.1, 0.15) is 0 Å². The molecule has 0 bridgehead atoms. The van der Waals surface area contributed by atoms with Crippen LogP contribution in [0, 0.1) is 11.7 Å². The Morgan fingerprint density at radius 2 is 1.71 bits per heavy atom. The van der Waals surface area contributed by atoms with E-state index in [1.807, 2.05) is 79.3 Å². The number of para-hydroxylation sites is 1. The molecule has 7 nitrogen and oxygen atoms in total. The van der Waals surface area contributed by atoms with Gasteiger partial charge in [-0.3, -0.25) is 9.48 Å². The summed E-state index contributed by atoms with van der Waals surface area (Å²) in [4.78, 5) is 13.0. The van der Waals surface area contributed by atoms with Gasteiger partial charge in [-0.15, -0.1) is 0 Å². The predicted molar refractivity (Wildman–Crippen MR) is 112 cm³/mol. The van der Waals surface area contributed by atoms with Gasteiger partial charge in [0, 0.05) is 18.3 Å². The first-order valence-electron chi connectivity index (χ1n) is 8.69. The third kappa shape index (κ3) is 3.03. The predicted octanol–water partition coefficient (Wildman–Crippen LogP) is 3.29. The zero-order valence-corrected chi connectivity index (χ0v) is 16.2. The molecule has 0 aliphatic rings. The van der Waals surface area contributed by atoms with Crippen molar-refractivity contribution in [2.75, 3.05) is 0 Å². The summed E-state index contributed by atoms with van der Waals surface area (Å²) < 4.78 is 5.30. The lowest BCUT2D eigenvalue weighted by atomic mass is 10.2. The topological polar surface area (TPSA) is 72.9 Å². The Hall–Kier alpha value is -3.52. The number of nitrogens with one attached hydrogen (secondary N) is 1. The van der Waals surface area contributed by atoms with E-state index in [0.29, 0.717) is 16.2 Å². The number of hydrogen-bond donors (Lipinski definition) is 1. The van der Waals surface area contributed by atoms with E-state index in [-0.39, 0.29) is 5.56 Å². The minimum atomic E-state index is -0.147. The molecule has 0 radical (unpaired) electrons. The highest BCUT2D eigenvalue weighted by molar-refractivity contribution is 7.71. The highest BCUT2D eigenvalue weighted by Gasteiger charge is 2.15. The molecule has 0 saturated heterocycles. The van der Waals surface area contributed by atoms with Crippen LogP contribution in [0.4, 0.5) is 0 Å². The second-order valence-corrected chi connectivity index (χ2v) is 6.64. The molecule has 0 spiro atoms. The number of aromatic amines is 1. The number of aromatic nitrogens is 5. The monoisotopic (exact) mass is 390 g/mol. The van der Waals surface area contributed by atoms with Gasteiger partial charge in [0.25, 0.3) is 5.56 Å². The fourth-order valence-corrected chi connectivity index (χ4v) is 3.21. The number of rotatable bonds is 4. The molecule has 140 valence electrons. The first-order valence-corrected chi connectivity index (χ1v) is 9.10. The Labute approximate surface area is 166 Å². The molecule has 2 aromatic carbocycles. The normalized spacial score (nSPS) is 11.4. The van der Waals surface area contributed by atoms with Gasteiger partial charge in [-0.2, -0.15) is 14.9 Å². The minimum absolute atomic E-state index is 0.147. The van der Waals surface area contributed by atoms with Crippen LogP contribution in [0.3, 0.4) is 0 Å². The second-order valence-electron chi connectivity index (χ2n) is 6.25. The molecule has 8 heteroatoms. The van der Waals surface area contributed by atoms with Crippen LogP contribution in [-0.4, -0.2) is 30.5 Å². The second kappa shape index (κ2) is 7.24. The van der Waals surface area contributed by atoms with Crippen molar-refractivity contribution >= 4 is 18.4 Å². The van der Waals surface area contributed by atoms with E-state index in [9.17, 15) is 4.79 Å². The zero-order chi connectivity index (χ0) is 19.7. The standard InChI is InChI=1S/C20H18N6OS/c1-14-17(19(27)26(24(14)2)16-11-7-4-8-12-16)13-21-25-18(22-23-20(25)28)15-9-5-3-6-10-15/h3-13H,1-2H3,(H,23,28)/b21-13-. The maximum atomic E-state index is 13.0. The lowest BCUT2D eigenvalue weighted by Gasteiger charge is -2.07. The maximum absolute atomic E-state index is 13.0. The number of benzene rings is 2. The molecular formula is C20H18N6OS. The van der Waals surface area contributed by atoms with Crippen molar-refractivity contribution < 1.29 is 0 Å². The molecule has 1 N–H and O–H groups in total. The molecule has 4 rings (SSSR count). The summed E-state index contributed by atoms with van der Waals surface area (Å²) in [6, 6.07) is 19.1. The Morgan fingerprint density at radius 3 is 2.39 bits per heavy atom. The van der Waals surface area contributed by atoms with Gasteiger partial charge in [0.15, 0.2) is 5.82 Å². The van der Waals surface area contributed by atoms with Crippen molar-refractivity contribution in [1.29, 1.82) is 0 Å². The molecule has 0 aliphatic carbocycles. The van der Waals surface area contributed by atoms with Crippen LogP contribution in [-0.2, 0) is 7.05 Å². The highest BCUT2D eigenvalue weighted by Crippen LogP contribution is 2.16. The van der Waals surface area contributed by atoms with Crippen LogP contribution < -0.4 is 5.56 Å². The SMILES string of the molecule is Cc1c(/C=N\n2c(-c3ccccc3)n[nH]c2=S)c(=O)n(-c2ccccc2)n1C. The maximum Gasteiger partial charge on any atom is 0.280 e. The molecule has 28 heavy (non-hydrogen) atoms. The largest absolute Gasteiger partial charge is 0.285 e. The van der Waals surface area contributed by atoms with Gasteiger partial charge in [0.05, 0.1) is 17.5 Å². The molecule has 0 saturated carbocycles. The Bertz CT molecular complexity index is 1260. The van der Waals surface area contributed by atoms with Crippen LogP contribution in [0.1, 0.15) is 11.3 Å². The lowest BCUT2D eigenvalue weighted by molar-refractivity contribution is 0.630. The Morgan fingerprint density at radius 1 is 1.07 bits per heavy atom. The molecule has 0 amide bonds. The van der Waals surface area contributed by atoms with Crippen molar-refractivity contribution in [3.8, 4) is 17.1 Å². The van der Waals surface area contributed by atoms with E-state index in [0.717, 1.165) is 16.9 Å². The quantitative estimate of drug-likeness (QED) is 0.429. The fourth-order valence-electron chi connectivity index (χ4n) is 3.03. The van der Waals surface area contributed by atoms with Crippen LogP contribution in [0.25, 0.3) is 17.1 Å². The van der Waals surface area contributed by atoms with E-state index in [4.69, 9.17) is 12.2 Å².